The maximum absolute atomic E-state index is 6.88. The number of nitrogens with zero attached hydrogens (tertiary/aromatic N) is 6. The molecule has 0 radical (unpaired) electrons. The van der Waals surface area contributed by atoms with E-state index in [9.17, 15) is 0 Å². The first kappa shape index (κ1) is 20.3. The number of imidazole rings is 1. The van der Waals surface area contributed by atoms with Gasteiger partial charge in [0.15, 0.2) is 0 Å². The second kappa shape index (κ2) is 7.73. The van der Waals surface area contributed by atoms with E-state index in [1.165, 1.54) is 22.9 Å². The maximum atomic E-state index is 6.88. The van der Waals surface area contributed by atoms with Gasteiger partial charge in [-0.25, -0.2) is 20.0 Å². The molecule has 7 heterocycles. The molecule has 174 valence electrons. The molecule has 0 amide bonds. The summed E-state index contributed by atoms with van der Waals surface area (Å²) >= 11 is 2.79. The Labute approximate surface area is 206 Å². The molecule has 0 bridgehead atoms. The van der Waals surface area contributed by atoms with Crippen LogP contribution in [0.15, 0.2) is 82.9 Å². The first-order chi connectivity index (χ1) is 17.4. The molecule has 6 aromatic rings. The lowest BCUT2D eigenvalue weighted by molar-refractivity contribution is 0.0611. The summed E-state index contributed by atoms with van der Waals surface area (Å²) in [7, 11) is 0. The molecule has 11 nitrogen and oxygen atoms in total. The van der Waals surface area contributed by atoms with Gasteiger partial charge in [-0.2, -0.15) is 9.47 Å². The zero-order valence-corrected chi connectivity index (χ0v) is 19.5. The number of H-pyrrole nitrogens is 3. The van der Waals surface area contributed by atoms with Crippen molar-refractivity contribution in [1.29, 1.82) is 0 Å². The van der Waals surface area contributed by atoms with Gasteiger partial charge in [-0.15, -0.1) is 11.3 Å². The highest BCUT2D eigenvalue weighted by Crippen LogP contribution is 2.65. The largest absolute Gasteiger partial charge is 0.446 e. The van der Waals surface area contributed by atoms with Crippen LogP contribution in [-0.2, 0) is 15.8 Å². The molecular formula is C22H17N9O2S2. The summed E-state index contributed by atoms with van der Waals surface area (Å²) in [6.45, 7) is 0. The Kier molecular flexibility index (Phi) is 4.49. The number of rotatable bonds is 6. The first-order valence-electron chi connectivity index (χ1n) is 10.7. The van der Waals surface area contributed by atoms with Gasteiger partial charge in [-0.05, 0) is 35.8 Å². The quantitative estimate of drug-likeness (QED) is 0.312. The van der Waals surface area contributed by atoms with Crippen molar-refractivity contribution in [3.8, 4) is 0 Å². The zero-order valence-electron chi connectivity index (χ0n) is 17.9. The van der Waals surface area contributed by atoms with Crippen LogP contribution < -0.4 is 5.06 Å². The monoisotopic (exact) mass is 503 g/mol. The third kappa shape index (κ3) is 2.59. The van der Waals surface area contributed by atoms with Gasteiger partial charge in [0.05, 0.1) is 17.6 Å². The molecule has 3 atom stereocenters. The molecule has 0 aliphatic carbocycles. The van der Waals surface area contributed by atoms with E-state index in [1.807, 2.05) is 41.2 Å². The molecule has 3 unspecified atom stereocenters. The molecule has 1 aliphatic heterocycles. The zero-order chi connectivity index (χ0) is 23.3. The molecule has 1 aliphatic rings. The highest BCUT2D eigenvalue weighted by molar-refractivity contribution is 7.13. The molecule has 1 fully saturated rings. The number of hydroxylamine groups is 1. The van der Waals surface area contributed by atoms with Crippen LogP contribution in [0.2, 0.25) is 0 Å². The lowest BCUT2D eigenvalue weighted by atomic mass is 9.61. The predicted molar refractivity (Wildman–Crippen MR) is 127 cm³/mol. The Morgan fingerprint density at radius 2 is 1.94 bits per heavy atom. The highest BCUT2D eigenvalue weighted by Gasteiger charge is 2.76. The van der Waals surface area contributed by atoms with E-state index in [2.05, 4.69) is 30.1 Å². The molecule has 1 saturated heterocycles. The van der Waals surface area contributed by atoms with Crippen LogP contribution in [0.4, 0.5) is 5.13 Å². The number of aromatic nitrogens is 8. The summed E-state index contributed by atoms with van der Waals surface area (Å²) in [6.07, 6.45) is 11.3. The van der Waals surface area contributed by atoms with Gasteiger partial charge in [-0.1, -0.05) is 0 Å². The lowest BCUT2D eigenvalue weighted by Crippen LogP contribution is -2.57. The normalized spacial score (nSPS) is 24.3. The Morgan fingerprint density at radius 1 is 0.943 bits per heavy atom. The van der Waals surface area contributed by atoms with E-state index in [1.54, 1.807) is 42.3 Å². The Balaban J connectivity index is 1.69. The number of aromatic amines is 3. The van der Waals surface area contributed by atoms with Gasteiger partial charge < -0.3 is 14.4 Å². The predicted octanol–water partition coefficient (Wildman–Crippen LogP) is 3.78. The van der Waals surface area contributed by atoms with Crippen molar-refractivity contribution in [2.24, 2.45) is 0 Å². The Bertz CT molecular complexity index is 1290. The summed E-state index contributed by atoms with van der Waals surface area (Å²) < 4.78 is 10.8. The number of hydrogen-bond donors (Lipinski definition) is 3. The second-order valence-corrected chi connectivity index (χ2v) is 9.40. The van der Waals surface area contributed by atoms with E-state index in [0.717, 1.165) is 17.1 Å². The molecule has 35 heavy (non-hydrogen) atoms. The molecular weight excluding hydrogens is 486 g/mol. The smallest absolute Gasteiger partial charge is 0.232 e. The average Bonchev–Trinajstić information content (AvgIpc) is 3.71. The van der Waals surface area contributed by atoms with Crippen LogP contribution in [0.1, 0.15) is 34.9 Å². The van der Waals surface area contributed by atoms with E-state index >= 15 is 0 Å². The minimum Gasteiger partial charge on any atom is -0.446 e. The van der Waals surface area contributed by atoms with Gasteiger partial charge in [0.1, 0.15) is 23.6 Å². The summed E-state index contributed by atoms with van der Waals surface area (Å²) in [5, 5.41) is 13.7. The number of oxazole rings is 1. The molecule has 7 rings (SSSR count). The fraction of sp³-hybridized carbons (Fsp3) is 0.136. The topological polar surface area (TPSA) is 137 Å². The maximum Gasteiger partial charge on any atom is 0.232 e. The minimum atomic E-state index is -1.29. The van der Waals surface area contributed by atoms with Gasteiger partial charge in [0.2, 0.25) is 16.6 Å². The molecule has 3 N–H and O–H groups in total. The number of hydrogen-bond acceptors (Lipinski definition) is 10. The average molecular weight is 504 g/mol. The van der Waals surface area contributed by atoms with Crippen LogP contribution in [0.3, 0.4) is 0 Å². The van der Waals surface area contributed by atoms with E-state index in [4.69, 9.17) is 18.6 Å². The van der Waals surface area contributed by atoms with Crippen LogP contribution in [-0.4, -0.2) is 39.5 Å². The first-order valence-corrected chi connectivity index (χ1v) is 12.4. The van der Waals surface area contributed by atoms with Gasteiger partial charge in [0.25, 0.3) is 0 Å². The molecule has 0 saturated carbocycles. The summed E-state index contributed by atoms with van der Waals surface area (Å²) in [5.41, 5.74) is -0.0420. The van der Waals surface area contributed by atoms with Gasteiger partial charge >= 0.3 is 0 Å². The Morgan fingerprint density at radius 3 is 2.60 bits per heavy atom. The fourth-order valence-electron chi connectivity index (χ4n) is 5.12. The summed E-state index contributed by atoms with van der Waals surface area (Å²) in [5.74, 6) is 0.918. The molecule has 0 spiro atoms. The molecule has 0 aromatic carbocycles. The minimum absolute atomic E-state index is 0.365. The van der Waals surface area contributed by atoms with E-state index < -0.39 is 17.1 Å². The van der Waals surface area contributed by atoms with Crippen LogP contribution >= 0.6 is 22.9 Å². The molecule has 6 aromatic heterocycles. The molecule has 13 heteroatoms. The Hall–Kier alpha value is -4.07. The third-order valence-electron chi connectivity index (χ3n) is 6.33. The van der Waals surface area contributed by atoms with Crippen molar-refractivity contribution in [2.45, 2.75) is 17.1 Å². The van der Waals surface area contributed by atoms with Crippen molar-refractivity contribution in [3.63, 3.8) is 0 Å². The van der Waals surface area contributed by atoms with Crippen molar-refractivity contribution in [2.75, 3.05) is 5.06 Å². The number of nitrogens with one attached hydrogen (secondary N) is 3. The van der Waals surface area contributed by atoms with Gasteiger partial charge in [0, 0.05) is 47.4 Å². The van der Waals surface area contributed by atoms with Gasteiger partial charge in [-0.3, -0.25) is 9.94 Å². The van der Waals surface area contributed by atoms with Crippen molar-refractivity contribution >= 4 is 28.0 Å². The van der Waals surface area contributed by atoms with Crippen LogP contribution in [0.5, 0.6) is 0 Å². The number of anilines is 1. The van der Waals surface area contributed by atoms with Crippen molar-refractivity contribution < 1.29 is 9.25 Å². The SMILES string of the molecule is c1c[nH]c(C2(c3ccn[nH]3)C(c3ccsn3)ON(c3nccs3)C2(c2ncc[nH]2)c2ncco2)c1. The lowest BCUT2D eigenvalue weighted by Gasteiger charge is -2.43. The van der Waals surface area contributed by atoms with Crippen molar-refractivity contribution in [3.05, 3.63) is 107 Å². The van der Waals surface area contributed by atoms with Crippen LogP contribution in [0, 0.1) is 0 Å². The fourth-order valence-corrected chi connectivity index (χ4v) is 6.30. The van der Waals surface area contributed by atoms with E-state index in [0.29, 0.717) is 16.8 Å². The number of thiazole rings is 1. The van der Waals surface area contributed by atoms with Crippen LogP contribution in [0.25, 0.3) is 0 Å². The standard InChI is InChI=1S/C22H17N9O2S2/c1-2-15(23-5-1)21(16-3-6-28-29-16)17(14-4-12-35-30-14)33-31(20-27-10-13-34-20)22(21,18-24-7-8-25-18)19-26-9-11-32-19/h1-13,17,23H,(H,24,25)(H,28,29). The van der Waals surface area contributed by atoms with Crippen molar-refractivity contribution in [1.82, 2.24) is 39.5 Å². The summed E-state index contributed by atoms with van der Waals surface area (Å²) in [6, 6.07) is 7.84. The van der Waals surface area contributed by atoms with E-state index in [-0.39, 0.29) is 0 Å². The third-order valence-corrected chi connectivity index (χ3v) is 7.64. The second-order valence-electron chi connectivity index (χ2n) is 7.87. The summed E-state index contributed by atoms with van der Waals surface area (Å²) in [4.78, 5) is 27.7. The highest BCUT2D eigenvalue weighted by atomic mass is 32.1.